The van der Waals surface area contributed by atoms with Crippen LogP contribution < -0.4 is 5.43 Å². The predicted molar refractivity (Wildman–Crippen MR) is 102 cm³/mol. The fourth-order valence-corrected chi connectivity index (χ4v) is 2.66. The molecule has 0 aliphatic heterocycles. The van der Waals surface area contributed by atoms with Gasteiger partial charge in [-0.05, 0) is 48.9 Å². The first-order valence-corrected chi connectivity index (χ1v) is 8.26. The number of nitro benzene ring substituents is 1. The highest BCUT2D eigenvalue weighted by Crippen LogP contribution is 2.24. The van der Waals surface area contributed by atoms with Crippen LogP contribution in [0.2, 0.25) is 5.02 Å². The molecule has 0 atom stereocenters. The second kappa shape index (κ2) is 7.84. The van der Waals surface area contributed by atoms with Gasteiger partial charge in [0.1, 0.15) is 11.5 Å². The van der Waals surface area contributed by atoms with Crippen molar-refractivity contribution in [3.8, 4) is 11.3 Å². The van der Waals surface area contributed by atoms with Gasteiger partial charge in [-0.1, -0.05) is 17.7 Å². The summed E-state index contributed by atoms with van der Waals surface area (Å²) >= 11 is 6.05. The molecule has 27 heavy (non-hydrogen) atoms. The van der Waals surface area contributed by atoms with E-state index in [4.69, 9.17) is 16.0 Å². The van der Waals surface area contributed by atoms with Crippen LogP contribution in [0, 0.1) is 17.0 Å². The molecule has 8 heteroatoms. The molecule has 7 nitrogen and oxygen atoms in total. The van der Waals surface area contributed by atoms with E-state index in [0.717, 1.165) is 5.56 Å². The van der Waals surface area contributed by atoms with E-state index in [1.54, 1.807) is 42.5 Å². The van der Waals surface area contributed by atoms with E-state index in [0.29, 0.717) is 27.7 Å². The van der Waals surface area contributed by atoms with Crippen LogP contribution in [0.15, 0.2) is 64.1 Å². The van der Waals surface area contributed by atoms with E-state index < -0.39 is 10.8 Å². The number of halogens is 1. The molecular weight excluding hydrogens is 370 g/mol. The lowest BCUT2D eigenvalue weighted by molar-refractivity contribution is -0.384. The van der Waals surface area contributed by atoms with Crippen molar-refractivity contribution in [2.24, 2.45) is 5.10 Å². The molecule has 1 N–H and O–H groups in total. The topological polar surface area (TPSA) is 97.7 Å². The Morgan fingerprint density at radius 1 is 1.19 bits per heavy atom. The Bertz CT molecular complexity index is 1030. The molecule has 3 rings (SSSR count). The Morgan fingerprint density at radius 2 is 1.93 bits per heavy atom. The van der Waals surface area contributed by atoms with Crippen LogP contribution in [0.1, 0.15) is 21.7 Å². The third-order valence-electron chi connectivity index (χ3n) is 3.72. The molecule has 0 radical (unpaired) electrons. The molecule has 1 amide bonds. The number of aryl methyl sites for hydroxylation is 1. The molecule has 0 aliphatic rings. The van der Waals surface area contributed by atoms with Gasteiger partial charge in [-0.2, -0.15) is 5.10 Å². The molecule has 0 fully saturated rings. The first-order valence-electron chi connectivity index (χ1n) is 7.88. The van der Waals surface area contributed by atoms with Gasteiger partial charge in [0, 0.05) is 17.7 Å². The lowest BCUT2D eigenvalue weighted by atomic mass is 10.1. The minimum absolute atomic E-state index is 0.00423. The number of carbonyl (C=O) groups is 1. The van der Waals surface area contributed by atoms with Crippen LogP contribution in [0.3, 0.4) is 0 Å². The summed E-state index contributed by atoms with van der Waals surface area (Å²) in [6.07, 6.45) is 1.36. The summed E-state index contributed by atoms with van der Waals surface area (Å²) < 4.78 is 5.60. The number of carbonyl (C=O) groups excluding carboxylic acids is 1. The van der Waals surface area contributed by atoms with E-state index >= 15 is 0 Å². The van der Waals surface area contributed by atoms with Crippen LogP contribution in [0.5, 0.6) is 0 Å². The van der Waals surface area contributed by atoms with Gasteiger partial charge in [0.25, 0.3) is 11.6 Å². The van der Waals surface area contributed by atoms with Gasteiger partial charge in [-0.3, -0.25) is 14.9 Å². The summed E-state index contributed by atoms with van der Waals surface area (Å²) in [5.74, 6) is 0.510. The molecule has 1 heterocycles. The SMILES string of the molecule is Cc1ccc(C(=O)N/N=C/c2ccc(-c3ccc([N+](=O)[O-])cc3)o2)c(Cl)c1. The van der Waals surface area contributed by atoms with Gasteiger partial charge in [-0.25, -0.2) is 5.43 Å². The van der Waals surface area contributed by atoms with E-state index in [2.05, 4.69) is 10.5 Å². The number of furan rings is 1. The first kappa shape index (κ1) is 18.3. The molecule has 136 valence electrons. The highest BCUT2D eigenvalue weighted by Gasteiger charge is 2.10. The van der Waals surface area contributed by atoms with Gasteiger partial charge in [-0.15, -0.1) is 0 Å². The Balaban J connectivity index is 1.66. The van der Waals surface area contributed by atoms with Gasteiger partial charge in [0.2, 0.25) is 0 Å². The van der Waals surface area contributed by atoms with Crippen molar-refractivity contribution in [3.05, 3.63) is 86.6 Å². The Morgan fingerprint density at radius 3 is 2.59 bits per heavy atom. The number of hydrogen-bond acceptors (Lipinski definition) is 5. The Hall–Kier alpha value is -3.45. The quantitative estimate of drug-likeness (QED) is 0.396. The molecular formula is C19H14ClN3O4. The van der Waals surface area contributed by atoms with Crippen LogP contribution in [0.4, 0.5) is 5.69 Å². The number of nitro groups is 1. The van der Waals surface area contributed by atoms with Crippen molar-refractivity contribution < 1.29 is 14.1 Å². The van der Waals surface area contributed by atoms with Crippen molar-refractivity contribution >= 4 is 29.4 Å². The third-order valence-corrected chi connectivity index (χ3v) is 4.03. The van der Waals surface area contributed by atoms with Crippen LogP contribution in [-0.4, -0.2) is 17.0 Å². The molecule has 3 aromatic rings. The summed E-state index contributed by atoms with van der Waals surface area (Å²) in [5.41, 5.74) is 4.36. The molecule has 0 bridgehead atoms. The molecule has 0 saturated carbocycles. The molecule has 2 aromatic carbocycles. The van der Waals surface area contributed by atoms with Gasteiger partial charge in [0.05, 0.1) is 21.7 Å². The minimum Gasteiger partial charge on any atom is -0.455 e. The summed E-state index contributed by atoms with van der Waals surface area (Å²) in [6.45, 7) is 1.88. The number of hydrogen-bond donors (Lipinski definition) is 1. The number of benzene rings is 2. The van der Waals surface area contributed by atoms with Gasteiger partial charge < -0.3 is 4.42 Å². The number of nitrogens with zero attached hydrogens (tertiary/aromatic N) is 2. The van der Waals surface area contributed by atoms with Crippen molar-refractivity contribution in [3.63, 3.8) is 0 Å². The summed E-state index contributed by atoms with van der Waals surface area (Å²) in [4.78, 5) is 22.3. The second-order valence-electron chi connectivity index (χ2n) is 5.69. The predicted octanol–water partition coefficient (Wildman–Crippen LogP) is 4.58. The number of amides is 1. The second-order valence-corrected chi connectivity index (χ2v) is 6.10. The van der Waals surface area contributed by atoms with E-state index in [1.807, 2.05) is 6.92 Å². The highest BCUT2D eigenvalue weighted by molar-refractivity contribution is 6.33. The fourth-order valence-electron chi connectivity index (χ4n) is 2.34. The monoisotopic (exact) mass is 383 g/mol. The number of non-ortho nitro benzene ring substituents is 1. The van der Waals surface area contributed by atoms with Crippen molar-refractivity contribution in [2.45, 2.75) is 6.92 Å². The maximum atomic E-state index is 12.1. The maximum Gasteiger partial charge on any atom is 0.272 e. The molecule has 1 aromatic heterocycles. The van der Waals surface area contributed by atoms with Crippen molar-refractivity contribution in [1.82, 2.24) is 5.43 Å². The van der Waals surface area contributed by atoms with E-state index in [9.17, 15) is 14.9 Å². The Kier molecular flexibility index (Phi) is 5.33. The van der Waals surface area contributed by atoms with E-state index in [-0.39, 0.29) is 5.69 Å². The van der Waals surface area contributed by atoms with Crippen LogP contribution in [-0.2, 0) is 0 Å². The lowest BCUT2D eigenvalue weighted by Crippen LogP contribution is -2.18. The maximum absolute atomic E-state index is 12.1. The first-order chi connectivity index (χ1) is 12.9. The Labute approximate surface area is 159 Å². The molecule has 0 aliphatic carbocycles. The van der Waals surface area contributed by atoms with Crippen LogP contribution in [0.25, 0.3) is 11.3 Å². The van der Waals surface area contributed by atoms with E-state index in [1.165, 1.54) is 18.3 Å². The van der Waals surface area contributed by atoms with Crippen molar-refractivity contribution in [2.75, 3.05) is 0 Å². The number of rotatable bonds is 5. The zero-order valence-electron chi connectivity index (χ0n) is 14.2. The molecule has 0 spiro atoms. The third kappa shape index (κ3) is 4.39. The normalized spacial score (nSPS) is 10.9. The highest BCUT2D eigenvalue weighted by atomic mass is 35.5. The average Bonchev–Trinajstić information content (AvgIpc) is 3.10. The minimum atomic E-state index is -0.465. The zero-order valence-corrected chi connectivity index (χ0v) is 14.9. The van der Waals surface area contributed by atoms with Crippen LogP contribution >= 0.6 is 11.6 Å². The largest absolute Gasteiger partial charge is 0.455 e. The summed E-state index contributed by atoms with van der Waals surface area (Å²) in [6, 6.07) is 14.5. The number of hydrazone groups is 1. The molecule has 0 unspecified atom stereocenters. The fraction of sp³-hybridized carbons (Fsp3) is 0.0526. The zero-order chi connectivity index (χ0) is 19.4. The van der Waals surface area contributed by atoms with Gasteiger partial charge >= 0.3 is 0 Å². The lowest BCUT2D eigenvalue weighted by Gasteiger charge is -2.03. The smallest absolute Gasteiger partial charge is 0.272 e. The number of nitrogens with one attached hydrogen (secondary N) is 1. The average molecular weight is 384 g/mol. The standard InChI is InChI=1S/C19H14ClN3O4/c1-12-2-8-16(17(20)10-12)19(24)22-21-11-15-7-9-18(27-15)13-3-5-14(6-4-13)23(25)26/h2-11H,1H3,(H,22,24)/b21-11+. The summed E-state index contributed by atoms with van der Waals surface area (Å²) in [7, 11) is 0. The van der Waals surface area contributed by atoms with Gasteiger partial charge in [0.15, 0.2) is 0 Å². The molecule has 0 saturated heterocycles. The summed E-state index contributed by atoms with van der Waals surface area (Å²) in [5, 5.41) is 14.9. The van der Waals surface area contributed by atoms with Crippen molar-refractivity contribution in [1.29, 1.82) is 0 Å².